The van der Waals surface area contributed by atoms with Gasteiger partial charge in [0.1, 0.15) is 0 Å². The maximum Gasteiger partial charge on any atom is 0.0451 e. The molecule has 0 saturated heterocycles. The van der Waals surface area contributed by atoms with Crippen LogP contribution < -0.4 is 0 Å². The second kappa shape index (κ2) is 25.8. The van der Waals surface area contributed by atoms with Crippen molar-refractivity contribution in [2.75, 3.05) is 0 Å². The van der Waals surface area contributed by atoms with Gasteiger partial charge in [-0.15, -0.1) is 0 Å². The summed E-state index contributed by atoms with van der Waals surface area (Å²) in [5.41, 5.74) is 13.7. The molecule has 0 fully saturated rings. The van der Waals surface area contributed by atoms with Gasteiger partial charge in [-0.1, -0.05) is 308 Å². The van der Waals surface area contributed by atoms with E-state index in [9.17, 15) is 0 Å². The van der Waals surface area contributed by atoms with Gasteiger partial charge >= 0.3 is 0 Å². The lowest BCUT2D eigenvalue weighted by molar-refractivity contribution is 0.495. The monoisotopic (exact) mass is 891 g/mol. The molecule has 0 saturated carbocycles. The molecule has 68 heavy (non-hydrogen) atoms. The minimum absolute atomic E-state index is 0.128. The Morgan fingerprint density at radius 3 is 0.632 bits per heavy atom. The molecule has 0 atom stereocenters. The van der Waals surface area contributed by atoms with Crippen LogP contribution in [0.3, 0.4) is 0 Å². The zero-order chi connectivity index (χ0) is 46.4. The van der Waals surface area contributed by atoms with Crippen molar-refractivity contribution in [2.24, 2.45) is 0 Å². The highest BCUT2D eigenvalue weighted by atomic mass is 14.4. The topological polar surface area (TPSA) is 0 Å². The van der Waals surface area contributed by atoms with E-state index in [1.807, 2.05) is 0 Å². The van der Waals surface area contributed by atoms with Crippen LogP contribution in [0.25, 0.3) is 11.1 Å². The SMILES string of the molecule is c1ccc(C(CCCCCCCCCc2ccc(-c3ccc(CCCCCCCCCC(c4ccccc4)(c4ccccc4)c4ccccc4)cc3)cc2)(c2ccccc2)c2ccccc2)cc1. The molecular weight excluding hydrogens is 817 g/mol. The van der Waals surface area contributed by atoms with Gasteiger partial charge < -0.3 is 0 Å². The molecule has 0 spiro atoms. The molecule has 0 radical (unpaired) electrons. The van der Waals surface area contributed by atoms with Gasteiger partial charge in [-0.2, -0.15) is 0 Å². The molecule has 0 bridgehead atoms. The lowest BCUT2D eigenvalue weighted by Gasteiger charge is -2.36. The lowest BCUT2D eigenvalue weighted by Crippen LogP contribution is -2.29. The van der Waals surface area contributed by atoms with Crippen molar-refractivity contribution in [1.29, 1.82) is 0 Å². The number of rotatable bonds is 27. The van der Waals surface area contributed by atoms with Gasteiger partial charge in [0.05, 0.1) is 0 Å². The van der Waals surface area contributed by atoms with E-state index in [0.29, 0.717) is 0 Å². The highest BCUT2D eigenvalue weighted by Crippen LogP contribution is 2.45. The number of unbranched alkanes of at least 4 members (excludes halogenated alkanes) is 12. The highest BCUT2D eigenvalue weighted by Gasteiger charge is 2.36. The van der Waals surface area contributed by atoms with E-state index in [1.54, 1.807) is 0 Å². The molecule has 0 amide bonds. The second-order valence-electron chi connectivity index (χ2n) is 19.4. The minimum Gasteiger partial charge on any atom is -0.0622 e. The van der Waals surface area contributed by atoms with Crippen molar-refractivity contribution in [1.82, 2.24) is 0 Å². The van der Waals surface area contributed by atoms with Gasteiger partial charge in [0.2, 0.25) is 0 Å². The molecule has 0 heteroatoms. The molecule has 0 N–H and O–H groups in total. The Bertz CT molecular complexity index is 2180. The van der Waals surface area contributed by atoms with Crippen LogP contribution in [0.5, 0.6) is 0 Å². The standard InChI is InChI=1S/C68H74/c1(5-9-31-55-67(61-35-19-11-20-36-61,62-37-21-12-22-38-62)63-39-23-13-24-40-63)3-7-17-33-57-47-51-59(52-48-57)60-53-49-58(50-54-60)34-18-8-4-2-6-10-32-56-68(64-41-25-14-26-42-64,65-43-27-15-28-44-65)66-45-29-16-30-46-66/h11-16,19-30,35-54H,1-10,17-18,31-34,55-56H2. The first-order valence-electron chi connectivity index (χ1n) is 26.3. The van der Waals surface area contributed by atoms with Gasteiger partial charge in [0, 0.05) is 10.8 Å². The fraction of sp³-hybridized carbons (Fsp3) is 0.294. The molecular formula is C68H74. The third kappa shape index (κ3) is 12.6. The van der Waals surface area contributed by atoms with Crippen LogP contribution in [0.4, 0.5) is 0 Å². The summed E-state index contributed by atoms with van der Waals surface area (Å²) in [6.07, 6.45) is 22.7. The fourth-order valence-electron chi connectivity index (χ4n) is 11.1. The van der Waals surface area contributed by atoms with Crippen molar-refractivity contribution in [3.8, 4) is 11.1 Å². The van der Waals surface area contributed by atoms with Crippen LogP contribution in [0.1, 0.15) is 147 Å². The van der Waals surface area contributed by atoms with Crippen molar-refractivity contribution in [2.45, 2.75) is 126 Å². The maximum absolute atomic E-state index is 2.36. The molecule has 8 aromatic rings. The average molecular weight is 891 g/mol. The Balaban J connectivity index is 0.704. The third-order valence-corrected chi connectivity index (χ3v) is 14.9. The lowest BCUT2D eigenvalue weighted by atomic mass is 9.66. The predicted molar refractivity (Wildman–Crippen MR) is 292 cm³/mol. The minimum atomic E-state index is -0.128. The Hall–Kier alpha value is -6.24. The first-order valence-corrected chi connectivity index (χ1v) is 26.3. The molecule has 346 valence electrons. The second-order valence-corrected chi connectivity index (χ2v) is 19.4. The highest BCUT2D eigenvalue weighted by molar-refractivity contribution is 5.64. The van der Waals surface area contributed by atoms with Crippen LogP contribution in [-0.2, 0) is 23.7 Å². The van der Waals surface area contributed by atoms with E-state index in [0.717, 1.165) is 12.8 Å². The first kappa shape index (κ1) is 48.2. The summed E-state index contributed by atoms with van der Waals surface area (Å²) in [7, 11) is 0. The molecule has 8 aromatic carbocycles. The smallest absolute Gasteiger partial charge is 0.0451 e. The van der Waals surface area contributed by atoms with E-state index in [4.69, 9.17) is 0 Å². The first-order chi connectivity index (χ1) is 33.8. The maximum atomic E-state index is 2.36. The Labute approximate surface area is 410 Å². The normalized spacial score (nSPS) is 11.7. The summed E-state index contributed by atoms with van der Waals surface area (Å²) >= 11 is 0. The average Bonchev–Trinajstić information content (AvgIpc) is 3.42. The van der Waals surface area contributed by atoms with Gasteiger partial charge in [0.15, 0.2) is 0 Å². The Kier molecular flexibility index (Phi) is 18.3. The molecule has 0 aliphatic heterocycles. The summed E-state index contributed by atoms with van der Waals surface area (Å²) in [6, 6.07) is 85.8. The predicted octanol–water partition coefficient (Wildman–Crippen LogP) is 18.7. The number of benzene rings is 8. The summed E-state index contributed by atoms with van der Waals surface area (Å²) in [5.74, 6) is 0. The van der Waals surface area contributed by atoms with Crippen molar-refractivity contribution in [3.05, 3.63) is 275 Å². The Morgan fingerprint density at radius 1 is 0.191 bits per heavy atom. The molecule has 0 heterocycles. The zero-order valence-electron chi connectivity index (χ0n) is 40.7. The number of hydrogen-bond donors (Lipinski definition) is 0. The third-order valence-electron chi connectivity index (χ3n) is 14.9. The Morgan fingerprint density at radius 2 is 0.397 bits per heavy atom. The zero-order valence-corrected chi connectivity index (χ0v) is 40.7. The summed E-state index contributed by atoms with van der Waals surface area (Å²) < 4.78 is 0. The van der Waals surface area contributed by atoms with E-state index in [2.05, 4.69) is 231 Å². The van der Waals surface area contributed by atoms with Crippen LogP contribution >= 0.6 is 0 Å². The van der Waals surface area contributed by atoms with Gasteiger partial charge in [-0.25, -0.2) is 0 Å². The van der Waals surface area contributed by atoms with Crippen molar-refractivity contribution in [3.63, 3.8) is 0 Å². The number of hydrogen-bond acceptors (Lipinski definition) is 0. The van der Waals surface area contributed by atoms with E-state index >= 15 is 0 Å². The summed E-state index contributed by atoms with van der Waals surface area (Å²) in [6.45, 7) is 0. The molecule has 8 rings (SSSR count). The molecule has 0 unspecified atom stereocenters. The van der Waals surface area contributed by atoms with Crippen molar-refractivity contribution < 1.29 is 0 Å². The molecule has 0 nitrogen and oxygen atoms in total. The molecule has 0 aliphatic carbocycles. The van der Waals surface area contributed by atoms with Crippen LogP contribution in [0.2, 0.25) is 0 Å². The number of aryl methyl sites for hydroxylation is 2. The van der Waals surface area contributed by atoms with E-state index in [-0.39, 0.29) is 10.8 Å². The van der Waals surface area contributed by atoms with Gasteiger partial charge in [-0.05, 0) is 94.2 Å². The molecule has 0 aromatic heterocycles. The van der Waals surface area contributed by atoms with Crippen LogP contribution in [-0.4, -0.2) is 0 Å². The van der Waals surface area contributed by atoms with Crippen LogP contribution in [0, 0.1) is 0 Å². The largest absolute Gasteiger partial charge is 0.0622 e. The van der Waals surface area contributed by atoms with E-state index in [1.165, 1.54) is 158 Å². The quantitative estimate of drug-likeness (QED) is 0.0356. The van der Waals surface area contributed by atoms with E-state index < -0.39 is 0 Å². The summed E-state index contributed by atoms with van der Waals surface area (Å²) in [4.78, 5) is 0. The molecule has 0 aliphatic rings. The summed E-state index contributed by atoms with van der Waals surface area (Å²) in [5, 5.41) is 0. The van der Waals surface area contributed by atoms with Crippen molar-refractivity contribution >= 4 is 0 Å². The van der Waals surface area contributed by atoms with Crippen LogP contribution in [0.15, 0.2) is 231 Å². The van der Waals surface area contributed by atoms with Gasteiger partial charge in [0.25, 0.3) is 0 Å². The fourth-order valence-corrected chi connectivity index (χ4v) is 11.1. The van der Waals surface area contributed by atoms with Gasteiger partial charge in [-0.3, -0.25) is 0 Å².